The van der Waals surface area contributed by atoms with E-state index in [0.29, 0.717) is 22.6 Å². The van der Waals surface area contributed by atoms with Crippen LogP contribution in [0.1, 0.15) is 47.2 Å². The van der Waals surface area contributed by atoms with E-state index in [2.05, 4.69) is 4.99 Å². The predicted octanol–water partition coefficient (Wildman–Crippen LogP) is 5.52. The van der Waals surface area contributed by atoms with Crippen LogP contribution in [0.25, 0.3) is 16.8 Å². The monoisotopic (exact) mass is 424 g/mol. The summed E-state index contributed by atoms with van der Waals surface area (Å²) in [6.07, 6.45) is 5.85. The second-order valence-electron chi connectivity index (χ2n) is 8.28. The molecule has 5 heteroatoms. The maximum atomic E-state index is 12.8. The van der Waals surface area contributed by atoms with Gasteiger partial charge in [0.15, 0.2) is 0 Å². The highest BCUT2D eigenvalue weighted by Gasteiger charge is 2.30. The van der Waals surface area contributed by atoms with Crippen molar-refractivity contribution in [1.29, 1.82) is 0 Å². The van der Waals surface area contributed by atoms with Gasteiger partial charge in [-0.1, -0.05) is 54.4 Å². The molecule has 0 saturated carbocycles. The standard InChI is InChI=1S/C27H24N2O3/c1-18-10-12-20(13-11-18)27(31)32-24-15-14-19-7-4-5-8-21(19)22(24)17-23-26(30)28-25-9-3-2-6-16-29(23)25/h4-5,7-8,10-15,17H,2-3,6,9,16H2,1H3. The van der Waals surface area contributed by atoms with Crippen molar-refractivity contribution < 1.29 is 14.3 Å². The summed E-state index contributed by atoms with van der Waals surface area (Å²) < 4.78 is 5.84. The van der Waals surface area contributed by atoms with E-state index in [1.54, 1.807) is 18.2 Å². The zero-order chi connectivity index (χ0) is 22.1. The van der Waals surface area contributed by atoms with Gasteiger partial charge in [0.2, 0.25) is 0 Å². The van der Waals surface area contributed by atoms with Gasteiger partial charge in [0.1, 0.15) is 17.3 Å². The van der Waals surface area contributed by atoms with Gasteiger partial charge in [0, 0.05) is 18.5 Å². The zero-order valence-corrected chi connectivity index (χ0v) is 18.0. The maximum Gasteiger partial charge on any atom is 0.343 e. The molecule has 2 aliphatic rings. The van der Waals surface area contributed by atoms with Crippen LogP contribution in [0.5, 0.6) is 5.75 Å². The van der Waals surface area contributed by atoms with Gasteiger partial charge in [-0.05, 0) is 54.8 Å². The average molecular weight is 425 g/mol. The molecule has 3 aromatic rings. The van der Waals surface area contributed by atoms with E-state index in [9.17, 15) is 9.59 Å². The highest BCUT2D eigenvalue weighted by Crippen LogP contribution is 2.33. The molecule has 2 aliphatic heterocycles. The van der Waals surface area contributed by atoms with Gasteiger partial charge in [-0.15, -0.1) is 0 Å². The summed E-state index contributed by atoms with van der Waals surface area (Å²) in [5.41, 5.74) is 2.82. The van der Waals surface area contributed by atoms with E-state index in [4.69, 9.17) is 4.74 Å². The first-order valence-corrected chi connectivity index (χ1v) is 11.0. The van der Waals surface area contributed by atoms with Crippen molar-refractivity contribution in [2.24, 2.45) is 4.99 Å². The van der Waals surface area contributed by atoms with Crippen molar-refractivity contribution in [2.75, 3.05) is 6.54 Å². The first-order chi connectivity index (χ1) is 15.6. The molecule has 1 fully saturated rings. The van der Waals surface area contributed by atoms with Crippen LogP contribution in [-0.2, 0) is 4.79 Å². The van der Waals surface area contributed by atoms with Gasteiger partial charge in [0.05, 0.1) is 5.56 Å². The van der Waals surface area contributed by atoms with Gasteiger partial charge < -0.3 is 9.64 Å². The van der Waals surface area contributed by atoms with Crippen LogP contribution in [-0.4, -0.2) is 29.2 Å². The molecule has 0 radical (unpaired) electrons. The number of benzene rings is 3. The van der Waals surface area contributed by atoms with Crippen LogP contribution in [0, 0.1) is 6.92 Å². The second kappa shape index (κ2) is 8.42. The third kappa shape index (κ3) is 3.82. The molecule has 1 amide bonds. The predicted molar refractivity (Wildman–Crippen MR) is 126 cm³/mol. The number of hydrogen-bond donors (Lipinski definition) is 0. The van der Waals surface area contributed by atoms with E-state index in [1.807, 2.05) is 60.4 Å². The van der Waals surface area contributed by atoms with E-state index in [0.717, 1.165) is 54.4 Å². The number of ether oxygens (including phenoxy) is 1. The van der Waals surface area contributed by atoms with E-state index in [1.165, 1.54) is 0 Å². The molecule has 5 rings (SSSR count). The summed E-state index contributed by atoms with van der Waals surface area (Å²) in [7, 11) is 0. The third-order valence-corrected chi connectivity index (χ3v) is 6.04. The highest BCUT2D eigenvalue weighted by atomic mass is 16.5. The number of aryl methyl sites for hydroxylation is 1. The Bertz CT molecular complexity index is 1270. The van der Waals surface area contributed by atoms with E-state index >= 15 is 0 Å². The number of hydrogen-bond acceptors (Lipinski definition) is 4. The van der Waals surface area contributed by atoms with Gasteiger partial charge in [-0.25, -0.2) is 4.79 Å². The Labute approximate surface area is 187 Å². The van der Waals surface area contributed by atoms with Gasteiger partial charge in [-0.3, -0.25) is 4.79 Å². The lowest BCUT2D eigenvalue weighted by Gasteiger charge is -2.19. The molecule has 160 valence electrons. The molecular formula is C27H24N2O3. The number of fused-ring (bicyclic) bond motifs is 2. The molecule has 0 spiro atoms. The quantitative estimate of drug-likeness (QED) is 0.315. The van der Waals surface area contributed by atoms with Gasteiger partial charge >= 0.3 is 5.97 Å². The Balaban J connectivity index is 1.58. The molecule has 0 unspecified atom stereocenters. The Hall–Kier alpha value is -3.73. The van der Waals surface area contributed by atoms with Crippen molar-refractivity contribution in [3.8, 4) is 5.75 Å². The van der Waals surface area contributed by atoms with Crippen molar-refractivity contribution in [2.45, 2.75) is 32.6 Å². The fourth-order valence-electron chi connectivity index (χ4n) is 4.30. The molecule has 5 nitrogen and oxygen atoms in total. The summed E-state index contributed by atoms with van der Waals surface area (Å²) >= 11 is 0. The molecule has 0 aromatic heterocycles. The van der Waals surface area contributed by atoms with Crippen LogP contribution in [0.15, 0.2) is 71.4 Å². The van der Waals surface area contributed by atoms with E-state index in [-0.39, 0.29) is 5.91 Å². The number of aliphatic imine (C=N–C) groups is 1. The van der Waals surface area contributed by atoms with Crippen LogP contribution in [0.3, 0.4) is 0 Å². The minimum absolute atomic E-state index is 0.231. The number of carbonyl (C=O) groups excluding carboxylic acids is 2. The van der Waals surface area contributed by atoms with Crippen molar-refractivity contribution in [1.82, 2.24) is 4.90 Å². The molecule has 3 aromatic carbocycles. The molecule has 0 aliphatic carbocycles. The third-order valence-electron chi connectivity index (χ3n) is 6.04. The lowest BCUT2D eigenvalue weighted by Crippen LogP contribution is -2.26. The summed E-state index contributed by atoms with van der Waals surface area (Å²) in [5.74, 6) is 0.616. The molecule has 0 bridgehead atoms. The SMILES string of the molecule is Cc1ccc(C(=O)Oc2ccc3ccccc3c2C=C2C(=O)N=C3CCCCCN23)cc1. The van der Waals surface area contributed by atoms with Crippen LogP contribution >= 0.6 is 0 Å². The summed E-state index contributed by atoms with van der Waals surface area (Å²) in [5, 5.41) is 1.93. The number of esters is 1. The molecular weight excluding hydrogens is 400 g/mol. The fourth-order valence-corrected chi connectivity index (χ4v) is 4.30. The normalized spacial score (nSPS) is 17.3. The first kappa shape index (κ1) is 20.2. The zero-order valence-electron chi connectivity index (χ0n) is 18.0. The van der Waals surface area contributed by atoms with Gasteiger partial charge in [0.25, 0.3) is 5.91 Å². The van der Waals surface area contributed by atoms with Crippen LogP contribution in [0.2, 0.25) is 0 Å². The molecule has 1 saturated heterocycles. The second-order valence-corrected chi connectivity index (χ2v) is 8.28. The smallest absolute Gasteiger partial charge is 0.343 e. The fraction of sp³-hybridized carbons (Fsp3) is 0.222. The van der Waals surface area contributed by atoms with Crippen molar-refractivity contribution in [3.05, 3.63) is 83.1 Å². The largest absolute Gasteiger partial charge is 0.422 e. The molecule has 0 atom stereocenters. The van der Waals surface area contributed by atoms with Crippen LogP contribution in [0.4, 0.5) is 0 Å². The number of carbonyl (C=O) groups is 2. The van der Waals surface area contributed by atoms with E-state index < -0.39 is 5.97 Å². The minimum Gasteiger partial charge on any atom is -0.422 e. The maximum absolute atomic E-state index is 12.8. The Morgan fingerprint density at radius 3 is 2.66 bits per heavy atom. The van der Waals surface area contributed by atoms with Gasteiger partial charge in [-0.2, -0.15) is 4.99 Å². The number of rotatable bonds is 3. The van der Waals surface area contributed by atoms with Crippen molar-refractivity contribution >= 4 is 34.6 Å². The Morgan fingerprint density at radius 2 is 1.81 bits per heavy atom. The Kier molecular flexibility index (Phi) is 5.31. The Morgan fingerprint density at radius 1 is 1.00 bits per heavy atom. The number of amidine groups is 1. The molecule has 0 N–H and O–H groups in total. The summed E-state index contributed by atoms with van der Waals surface area (Å²) in [6, 6.07) is 18.9. The lowest BCUT2D eigenvalue weighted by atomic mass is 10.0. The molecule has 2 heterocycles. The summed E-state index contributed by atoms with van der Waals surface area (Å²) in [6.45, 7) is 2.75. The minimum atomic E-state index is -0.426. The summed E-state index contributed by atoms with van der Waals surface area (Å²) in [4.78, 5) is 32.0. The topological polar surface area (TPSA) is 59.0 Å². The first-order valence-electron chi connectivity index (χ1n) is 11.0. The van der Waals surface area contributed by atoms with Crippen LogP contribution < -0.4 is 4.74 Å². The highest BCUT2D eigenvalue weighted by molar-refractivity contribution is 6.14. The number of amides is 1. The number of nitrogens with zero attached hydrogens (tertiary/aromatic N) is 2. The lowest BCUT2D eigenvalue weighted by molar-refractivity contribution is -0.114. The average Bonchev–Trinajstić information content (AvgIpc) is 2.95. The van der Waals surface area contributed by atoms with Crippen molar-refractivity contribution in [3.63, 3.8) is 0 Å². The molecule has 32 heavy (non-hydrogen) atoms.